The van der Waals surface area contributed by atoms with Crippen LogP contribution in [0.4, 0.5) is 4.79 Å². The van der Waals surface area contributed by atoms with E-state index in [0.717, 1.165) is 35.9 Å². The molecule has 1 atom stereocenters. The Morgan fingerprint density at radius 1 is 1.32 bits per heavy atom. The van der Waals surface area contributed by atoms with Crippen molar-refractivity contribution in [1.29, 1.82) is 0 Å². The molecule has 0 saturated carbocycles. The van der Waals surface area contributed by atoms with Gasteiger partial charge in [-0.3, -0.25) is 19.3 Å². The van der Waals surface area contributed by atoms with E-state index in [-0.39, 0.29) is 23.5 Å². The summed E-state index contributed by atoms with van der Waals surface area (Å²) < 4.78 is 5.74. The first kappa shape index (κ1) is 20.7. The van der Waals surface area contributed by atoms with E-state index in [1.165, 1.54) is 0 Å². The molecular weight excluding hydrogens is 400 g/mol. The summed E-state index contributed by atoms with van der Waals surface area (Å²) in [5.41, 5.74) is 0.692. The molecule has 0 aromatic heterocycles. The van der Waals surface area contributed by atoms with Gasteiger partial charge < -0.3 is 9.64 Å². The Morgan fingerprint density at radius 2 is 2.04 bits per heavy atom. The van der Waals surface area contributed by atoms with Crippen LogP contribution in [0.2, 0.25) is 5.02 Å². The van der Waals surface area contributed by atoms with Gasteiger partial charge in [0.25, 0.3) is 11.1 Å². The van der Waals surface area contributed by atoms with Gasteiger partial charge in [0.1, 0.15) is 12.3 Å². The molecule has 1 aromatic rings. The molecule has 8 heteroatoms. The molecule has 0 aliphatic carbocycles. The summed E-state index contributed by atoms with van der Waals surface area (Å²) in [7, 11) is 0. The van der Waals surface area contributed by atoms with Gasteiger partial charge in [-0.2, -0.15) is 0 Å². The Hall–Kier alpha value is -1.99. The highest BCUT2D eigenvalue weighted by atomic mass is 35.5. The number of rotatable bonds is 6. The van der Waals surface area contributed by atoms with E-state index in [2.05, 4.69) is 0 Å². The number of halogens is 1. The van der Waals surface area contributed by atoms with Crippen LogP contribution in [0.5, 0.6) is 5.75 Å². The fraction of sp³-hybridized carbons (Fsp3) is 0.450. The molecule has 0 spiro atoms. The van der Waals surface area contributed by atoms with Crippen molar-refractivity contribution in [2.75, 3.05) is 19.6 Å². The Morgan fingerprint density at radius 3 is 2.68 bits per heavy atom. The highest BCUT2D eigenvalue weighted by Crippen LogP contribution is 2.34. The summed E-state index contributed by atoms with van der Waals surface area (Å²) in [4.78, 5) is 40.1. The summed E-state index contributed by atoms with van der Waals surface area (Å²) in [6, 6.07) is 5.23. The molecule has 1 aromatic carbocycles. The number of carbonyl (C=O) groups excluding carboxylic acids is 3. The zero-order valence-corrected chi connectivity index (χ0v) is 17.5. The molecule has 3 rings (SSSR count). The van der Waals surface area contributed by atoms with Crippen molar-refractivity contribution in [2.45, 2.75) is 39.2 Å². The number of benzene rings is 1. The number of amides is 3. The summed E-state index contributed by atoms with van der Waals surface area (Å²) in [6.45, 7) is 5.16. The second kappa shape index (κ2) is 9.01. The third-order valence-corrected chi connectivity index (χ3v) is 5.99. The number of hydrogen-bond donors (Lipinski definition) is 0. The molecule has 28 heavy (non-hydrogen) atoms. The van der Waals surface area contributed by atoms with Crippen molar-refractivity contribution in [2.24, 2.45) is 0 Å². The van der Waals surface area contributed by atoms with E-state index in [1.54, 1.807) is 29.2 Å². The van der Waals surface area contributed by atoms with Crippen molar-refractivity contribution >= 4 is 46.5 Å². The third kappa shape index (κ3) is 4.70. The van der Waals surface area contributed by atoms with Crippen molar-refractivity contribution in [3.05, 3.63) is 33.7 Å². The van der Waals surface area contributed by atoms with Gasteiger partial charge in [0.2, 0.25) is 5.91 Å². The minimum atomic E-state index is -0.446. The van der Waals surface area contributed by atoms with E-state index in [9.17, 15) is 14.4 Å². The molecule has 0 bridgehead atoms. The Kier molecular flexibility index (Phi) is 6.67. The molecule has 0 N–H and O–H groups in total. The predicted octanol–water partition coefficient (Wildman–Crippen LogP) is 4.18. The standard InChI is InChI=1S/C20H23ClN2O4S/c1-3-13(2)27-16-7-6-14(10-15(16)21)11-17-19(25)23(20(26)28-17)12-18(24)22-8-4-5-9-22/h6-7,10-11,13H,3-5,8-9,12H2,1-2H3/b17-11+/t13-/m0/s1. The fourth-order valence-electron chi connectivity index (χ4n) is 2.99. The number of likely N-dealkylation sites (tertiary alicyclic amines) is 1. The maximum Gasteiger partial charge on any atom is 0.294 e. The van der Waals surface area contributed by atoms with Gasteiger partial charge in [0, 0.05) is 13.1 Å². The smallest absolute Gasteiger partial charge is 0.294 e. The Labute approximate surface area is 173 Å². The fourth-order valence-corrected chi connectivity index (χ4v) is 4.06. The predicted molar refractivity (Wildman–Crippen MR) is 110 cm³/mol. The highest BCUT2D eigenvalue weighted by Gasteiger charge is 2.37. The maximum atomic E-state index is 12.6. The first-order valence-corrected chi connectivity index (χ1v) is 10.6. The lowest BCUT2D eigenvalue weighted by Crippen LogP contribution is -2.40. The largest absolute Gasteiger partial charge is 0.489 e. The summed E-state index contributed by atoms with van der Waals surface area (Å²) >= 11 is 7.12. The molecule has 0 radical (unpaired) electrons. The zero-order valence-electron chi connectivity index (χ0n) is 15.9. The van der Waals surface area contributed by atoms with Gasteiger partial charge in [0.05, 0.1) is 16.0 Å². The summed E-state index contributed by atoms with van der Waals surface area (Å²) in [6.07, 6.45) is 4.45. The molecule has 3 amide bonds. The number of ether oxygens (including phenoxy) is 1. The topological polar surface area (TPSA) is 66.9 Å². The SMILES string of the molecule is CC[C@H](C)Oc1ccc(/C=C2/SC(=O)N(CC(=O)N3CCCC3)C2=O)cc1Cl. The normalized spacial score (nSPS) is 19.6. The van der Waals surface area contributed by atoms with Gasteiger partial charge >= 0.3 is 0 Å². The van der Waals surface area contributed by atoms with Crippen LogP contribution < -0.4 is 4.74 Å². The summed E-state index contributed by atoms with van der Waals surface area (Å²) in [5, 5.41) is 0.0177. The number of hydrogen-bond acceptors (Lipinski definition) is 5. The maximum absolute atomic E-state index is 12.6. The van der Waals surface area contributed by atoms with Crippen LogP contribution in [-0.4, -0.2) is 52.6 Å². The minimum absolute atomic E-state index is 0.0491. The monoisotopic (exact) mass is 422 g/mol. The first-order chi connectivity index (χ1) is 13.4. The quantitative estimate of drug-likeness (QED) is 0.643. The minimum Gasteiger partial charge on any atom is -0.489 e. The van der Waals surface area contributed by atoms with Crippen LogP contribution >= 0.6 is 23.4 Å². The van der Waals surface area contributed by atoms with Crippen molar-refractivity contribution in [1.82, 2.24) is 9.80 Å². The van der Waals surface area contributed by atoms with Crippen molar-refractivity contribution < 1.29 is 19.1 Å². The van der Waals surface area contributed by atoms with Gasteiger partial charge in [-0.25, -0.2) is 0 Å². The molecule has 2 aliphatic rings. The second-order valence-electron chi connectivity index (χ2n) is 6.88. The molecule has 6 nitrogen and oxygen atoms in total. The lowest BCUT2D eigenvalue weighted by molar-refractivity contribution is -0.135. The van der Waals surface area contributed by atoms with Crippen molar-refractivity contribution in [3.8, 4) is 5.75 Å². The van der Waals surface area contributed by atoms with Crippen LogP contribution in [0.25, 0.3) is 6.08 Å². The first-order valence-electron chi connectivity index (χ1n) is 9.38. The van der Waals surface area contributed by atoms with E-state index in [4.69, 9.17) is 16.3 Å². The molecule has 2 heterocycles. The van der Waals surface area contributed by atoms with Gasteiger partial charge in [-0.1, -0.05) is 24.6 Å². The average molecular weight is 423 g/mol. The van der Waals surface area contributed by atoms with Crippen molar-refractivity contribution in [3.63, 3.8) is 0 Å². The van der Waals surface area contributed by atoms with E-state index in [1.807, 2.05) is 13.8 Å². The van der Waals surface area contributed by atoms with Crippen LogP contribution in [0, 0.1) is 0 Å². The molecule has 0 unspecified atom stereocenters. The molecule has 2 saturated heterocycles. The number of imide groups is 1. The molecule has 2 fully saturated rings. The van der Waals surface area contributed by atoms with Crippen LogP contribution in [0.1, 0.15) is 38.7 Å². The third-order valence-electron chi connectivity index (χ3n) is 4.78. The second-order valence-corrected chi connectivity index (χ2v) is 8.28. The number of nitrogens with zero attached hydrogens (tertiary/aromatic N) is 2. The van der Waals surface area contributed by atoms with Gasteiger partial charge in [-0.05, 0) is 61.7 Å². The van der Waals surface area contributed by atoms with E-state index < -0.39 is 11.1 Å². The summed E-state index contributed by atoms with van der Waals surface area (Å²) in [5.74, 6) is -0.0493. The molecular formula is C20H23ClN2O4S. The van der Waals surface area contributed by atoms with Crippen LogP contribution in [0.3, 0.4) is 0 Å². The van der Waals surface area contributed by atoms with Crippen LogP contribution in [-0.2, 0) is 9.59 Å². The Balaban J connectivity index is 1.70. The van der Waals surface area contributed by atoms with E-state index in [0.29, 0.717) is 29.4 Å². The zero-order chi connectivity index (χ0) is 20.3. The highest BCUT2D eigenvalue weighted by molar-refractivity contribution is 8.18. The van der Waals surface area contributed by atoms with Crippen LogP contribution in [0.15, 0.2) is 23.1 Å². The van der Waals surface area contributed by atoms with Gasteiger partial charge in [-0.15, -0.1) is 0 Å². The lowest BCUT2D eigenvalue weighted by atomic mass is 10.2. The number of thioether (sulfide) groups is 1. The molecule has 2 aliphatic heterocycles. The van der Waals surface area contributed by atoms with Gasteiger partial charge in [0.15, 0.2) is 0 Å². The lowest BCUT2D eigenvalue weighted by Gasteiger charge is -2.18. The van der Waals surface area contributed by atoms with E-state index >= 15 is 0 Å². The Bertz CT molecular complexity index is 820. The number of carbonyl (C=O) groups is 3. The molecule has 150 valence electrons. The average Bonchev–Trinajstić information content (AvgIpc) is 3.29.